The molecule has 0 amide bonds. The smallest absolute Gasteiger partial charge is 1.00 e. The van der Waals surface area contributed by atoms with Gasteiger partial charge < -0.3 is 62.0 Å². The normalized spacial score (nSPS) is 2.60. The topological polar surface area (TPSA) is 17.1 Å². The number of hydrogen-bond donors (Lipinski definition) is 0. The summed E-state index contributed by atoms with van der Waals surface area (Å²) in [7, 11) is 0. The summed E-state index contributed by atoms with van der Waals surface area (Å²) in [5.41, 5.74) is 0. The second-order valence-corrected chi connectivity index (χ2v) is 1.00. The summed E-state index contributed by atoms with van der Waals surface area (Å²) in [4.78, 5) is 9.21. The SMILES string of the molecule is CC(=O)Cl.[Cl-].[Cl-].[Cl-].[Cl-].[Cl-].[Sb+5]. The minimum absolute atomic E-state index is 0. The summed E-state index contributed by atoms with van der Waals surface area (Å²) in [6.07, 6.45) is 0. The van der Waals surface area contributed by atoms with Crippen molar-refractivity contribution in [2.24, 2.45) is 0 Å². The van der Waals surface area contributed by atoms with Crippen LogP contribution in [0.1, 0.15) is 6.92 Å². The van der Waals surface area contributed by atoms with Crippen molar-refractivity contribution in [3.05, 3.63) is 0 Å². The molecule has 0 heterocycles. The minimum Gasteiger partial charge on any atom is -1.00 e. The Morgan fingerprint density at radius 1 is 1.00 bits per heavy atom. The van der Waals surface area contributed by atoms with E-state index in [1.54, 1.807) is 0 Å². The molecule has 0 aliphatic carbocycles. The molecule has 8 heteroatoms. The molecule has 0 atom stereocenters. The summed E-state index contributed by atoms with van der Waals surface area (Å²) >= 11 is 4.64. The van der Waals surface area contributed by atoms with Crippen LogP contribution in [0.25, 0.3) is 0 Å². The zero-order valence-electron chi connectivity index (χ0n) is 4.62. The van der Waals surface area contributed by atoms with E-state index in [2.05, 4.69) is 11.6 Å². The molecule has 0 aromatic heterocycles. The Kier molecular flexibility index (Phi) is 242. The van der Waals surface area contributed by atoms with Crippen LogP contribution < -0.4 is 62.0 Å². The largest absolute Gasteiger partial charge is 5.00 e. The van der Waals surface area contributed by atoms with E-state index in [0.717, 1.165) is 0 Å². The van der Waals surface area contributed by atoms with E-state index in [1.807, 2.05) is 0 Å². The molecule has 0 aromatic rings. The first kappa shape index (κ1) is 56.4. The van der Waals surface area contributed by atoms with Gasteiger partial charge in [0, 0.05) is 6.92 Å². The van der Waals surface area contributed by atoms with Crippen molar-refractivity contribution >= 4 is 41.3 Å². The van der Waals surface area contributed by atoms with Gasteiger partial charge >= 0.3 is 24.4 Å². The molecule has 10 heavy (non-hydrogen) atoms. The molecule has 0 bridgehead atoms. The summed E-state index contributed by atoms with van der Waals surface area (Å²) in [5.74, 6) is 0. The van der Waals surface area contributed by atoms with Crippen molar-refractivity contribution < 1.29 is 66.8 Å². The summed E-state index contributed by atoms with van der Waals surface area (Å²) < 4.78 is 0. The number of carbonyl (C=O) groups excluding carboxylic acids is 1. The second kappa shape index (κ2) is 43.0. The third-order valence-corrected chi connectivity index (χ3v) is 0. The van der Waals surface area contributed by atoms with E-state index in [4.69, 9.17) is 0 Å². The summed E-state index contributed by atoms with van der Waals surface area (Å²) in [6.45, 7) is 1.29. The Bertz CT molecular complexity index is 38.7. The molecular formula is C2H3Cl6OSb. The van der Waals surface area contributed by atoms with Crippen LogP contribution in [0, 0.1) is 0 Å². The Labute approximate surface area is 114 Å². The molecule has 0 fully saturated rings. The Morgan fingerprint density at radius 2 is 1.00 bits per heavy atom. The van der Waals surface area contributed by atoms with Gasteiger partial charge in [0.2, 0.25) is 5.24 Å². The predicted octanol–water partition coefficient (Wildman–Crippen LogP) is -14.6. The van der Waals surface area contributed by atoms with E-state index in [-0.39, 0.29) is 91.7 Å². The maximum Gasteiger partial charge on any atom is 5.00 e. The molecule has 1 nitrogen and oxygen atoms in total. The summed E-state index contributed by atoms with van der Waals surface area (Å²) in [6, 6.07) is 0. The zero-order valence-corrected chi connectivity index (χ0v) is 11.7. The predicted molar refractivity (Wildman–Crippen MR) is 22.3 cm³/mol. The average molecular weight is 378 g/mol. The van der Waals surface area contributed by atoms with Gasteiger partial charge in [-0.1, -0.05) is 0 Å². The van der Waals surface area contributed by atoms with Crippen LogP contribution in [0.4, 0.5) is 0 Å². The quantitative estimate of drug-likeness (QED) is 0.303. The fourth-order valence-corrected chi connectivity index (χ4v) is 0. The Hall–Kier alpha value is 2.23. The fraction of sp³-hybridized carbons (Fsp3) is 0.500. The first-order valence-electron chi connectivity index (χ1n) is 0.893. The van der Waals surface area contributed by atoms with Gasteiger partial charge in [0.15, 0.2) is 0 Å². The molecule has 0 saturated heterocycles. The third kappa shape index (κ3) is 175. The van der Waals surface area contributed by atoms with Crippen LogP contribution in [-0.2, 0) is 4.79 Å². The van der Waals surface area contributed by atoms with Crippen LogP contribution in [0.2, 0.25) is 0 Å². The van der Waals surface area contributed by atoms with E-state index < -0.39 is 0 Å². The van der Waals surface area contributed by atoms with Crippen molar-refractivity contribution in [3.63, 3.8) is 0 Å². The van der Waals surface area contributed by atoms with Crippen molar-refractivity contribution in [1.29, 1.82) is 0 Å². The summed E-state index contributed by atoms with van der Waals surface area (Å²) in [5, 5.41) is -0.361. The molecule has 0 radical (unpaired) electrons. The maximum atomic E-state index is 9.21. The van der Waals surface area contributed by atoms with Gasteiger partial charge in [0.1, 0.15) is 0 Å². The van der Waals surface area contributed by atoms with Gasteiger partial charge in [-0.05, 0) is 11.6 Å². The van der Waals surface area contributed by atoms with Gasteiger partial charge in [-0.15, -0.1) is 0 Å². The van der Waals surface area contributed by atoms with Gasteiger partial charge in [-0.3, -0.25) is 4.79 Å². The molecule has 0 saturated carbocycles. The molecule has 64 valence electrons. The number of halogens is 6. The third-order valence-electron chi connectivity index (χ3n) is 0. The van der Waals surface area contributed by atoms with Crippen molar-refractivity contribution in [3.8, 4) is 0 Å². The van der Waals surface area contributed by atoms with Gasteiger partial charge in [0.05, 0.1) is 0 Å². The van der Waals surface area contributed by atoms with Crippen molar-refractivity contribution in [2.75, 3.05) is 0 Å². The molecular weight excluding hydrogens is 374 g/mol. The number of hydrogen-bond acceptors (Lipinski definition) is 1. The number of rotatable bonds is 0. The zero-order chi connectivity index (χ0) is 3.58. The molecule has 0 spiro atoms. The van der Waals surface area contributed by atoms with Gasteiger partial charge in [-0.2, -0.15) is 0 Å². The van der Waals surface area contributed by atoms with Crippen LogP contribution in [-0.4, -0.2) is 29.7 Å². The second-order valence-electron chi connectivity index (χ2n) is 0.470. The van der Waals surface area contributed by atoms with Crippen LogP contribution >= 0.6 is 11.6 Å². The Morgan fingerprint density at radius 3 is 1.00 bits per heavy atom. The Balaban J connectivity index is -0.00000000300. The molecule has 0 aliphatic heterocycles. The number of carbonyl (C=O) groups is 1. The minimum atomic E-state index is -0.361. The van der Waals surface area contributed by atoms with Gasteiger partial charge in [-0.25, -0.2) is 0 Å². The van der Waals surface area contributed by atoms with E-state index in [0.29, 0.717) is 0 Å². The maximum absolute atomic E-state index is 9.21. The van der Waals surface area contributed by atoms with E-state index in [1.165, 1.54) is 6.92 Å². The first-order valence-corrected chi connectivity index (χ1v) is 1.27. The monoisotopic (exact) mass is 374 g/mol. The van der Waals surface area contributed by atoms with Crippen molar-refractivity contribution in [1.82, 2.24) is 0 Å². The fourth-order valence-electron chi connectivity index (χ4n) is 0. The molecule has 0 aliphatic rings. The van der Waals surface area contributed by atoms with Crippen LogP contribution in [0.5, 0.6) is 0 Å². The molecule has 0 aromatic carbocycles. The van der Waals surface area contributed by atoms with Crippen LogP contribution in [0.15, 0.2) is 0 Å². The van der Waals surface area contributed by atoms with Gasteiger partial charge in [0.25, 0.3) is 0 Å². The first-order chi connectivity index (χ1) is 1.73. The van der Waals surface area contributed by atoms with Crippen molar-refractivity contribution in [2.45, 2.75) is 6.92 Å². The molecule has 0 rings (SSSR count). The average Bonchev–Trinajstić information content (AvgIpc) is 0.811. The molecule has 0 N–H and O–H groups in total. The van der Waals surface area contributed by atoms with E-state index >= 15 is 0 Å². The molecule has 0 unspecified atom stereocenters. The standard InChI is InChI=1S/C2H3ClO.5ClH.Sb/c1-2(3)4;;;;;;/h1H3;5*1H;/q;;;;;;+5/p-5. The van der Waals surface area contributed by atoms with E-state index in [9.17, 15) is 4.79 Å². The van der Waals surface area contributed by atoms with Crippen LogP contribution in [0.3, 0.4) is 0 Å².